The smallest absolute Gasteiger partial charge is 0.0376 e. The van der Waals surface area contributed by atoms with E-state index in [1.54, 1.807) is 11.1 Å². The van der Waals surface area contributed by atoms with E-state index in [1.807, 2.05) is 0 Å². The van der Waals surface area contributed by atoms with Crippen LogP contribution in [0.15, 0.2) is 24.3 Å². The first-order valence-electron chi connectivity index (χ1n) is 8.94. The van der Waals surface area contributed by atoms with Crippen LogP contribution in [-0.4, -0.2) is 6.04 Å². The first kappa shape index (κ1) is 15.1. The molecule has 1 fully saturated rings. The number of fused-ring (bicyclic) bond motifs is 1. The lowest BCUT2D eigenvalue weighted by atomic mass is 9.69. The summed E-state index contributed by atoms with van der Waals surface area (Å²) in [5, 5.41) is 4.05. The molecule has 0 amide bonds. The fourth-order valence-electron chi connectivity index (χ4n) is 4.35. The molecule has 2 aliphatic rings. The van der Waals surface area contributed by atoms with Gasteiger partial charge < -0.3 is 5.32 Å². The first-order chi connectivity index (χ1) is 10.1. The molecule has 1 aromatic carbocycles. The molecule has 116 valence electrons. The summed E-state index contributed by atoms with van der Waals surface area (Å²) in [4.78, 5) is 0. The van der Waals surface area contributed by atoms with E-state index < -0.39 is 0 Å². The lowest BCUT2D eigenvalue weighted by Gasteiger charge is -2.43. The van der Waals surface area contributed by atoms with Crippen molar-refractivity contribution in [2.45, 2.75) is 77.8 Å². The van der Waals surface area contributed by atoms with Gasteiger partial charge in [0.2, 0.25) is 0 Å². The number of hydrogen-bond acceptors (Lipinski definition) is 1. The monoisotopic (exact) mass is 285 g/mol. The van der Waals surface area contributed by atoms with Crippen LogP contribution in [0.2, 0.25) is 0 Å². The molecule has 0 aromatic heterocycles. The van der Waals surface area contributed by atoms with Crippen LogP contribution in [0, 0.1) is 11.3 Å². The molecule has 0 heterocycles. The Morgan fingerprint density at radius 1 is 1.10 bits per heavy atom. The Bertz CT molecular complexity index is 468. The summed E-state index contributed by atoms with van der Waals surface area (Å²) in [5.41, 5.74) is 3.50. The van der Waals surface area contributed by atoms with Gasteiger partial charge >= 0.3 is 0 Å². The SMILES string of the molecule is CCC1CCC(NC2c3ccccc3CCC2(C)C)CC1. The van der Waals surface area contributed by atoms with Gasteiger partial charge in [0, 0.05) is 12.1 Å². The van der Waals surface area contributed by atoms with E-state index in [0.29, 0.717) is 11.5 Å². The molecule has 2 aliphatic carbocycles. The van der Waals surface area contributed by atoms with Gasteiger partial charge in [-0.1, -0.05) is 51.5 Å². The molecular weight excluding hydrogens is 254 g/mol. The maximum absolute atomic E-state index is 4.05. The van der Waals surface area contributed by atoms with Crippen LogP contribution >= 0.6 is 0 Å². The first-order valence-corrected chi connectivity index (χ1v) is 8.94. The summed E-state index contributed by atoms with van der Waals surface area (Å²) in [6.45, 7) is 7.23. The molecule has 1 nitrogen and oxygen atoms in total. The van der Waals surface area contributed by atoms with Crippen molar-refractivity contribution in [2.24, 2.45) is 11.3 Å². The Morgan fingerprint density at radius 2 is 1.81 bits per heavy atom. The van der Waals surface area contributed by atoms with Crippen molar-refractivity contribution in [3.63, 3.8) is 0 Å². The summed E-state index contributed by atoms with van der Waals surface area (Å²) < 4.78 is 0. The zero-order chi connectivity index (χ0) is 14.9. The van der Waals surface area contributed by atoms with Gasteiger partial charge in [0.15, 0.2) is 0 Å². The molecule has 0 bridgehead atoms. The van der Waals surface area contributed by atoms with Gasteiger partial charge in [-0.2, -0.15) is 0 Å². The molecule has 1 aromatic rings. The second kappa shape index (κ2) is 6.12. The third-order valence-corrected chi connectivity index (χ3v) is 6.01. The molecule has 0 radical (unpaired) electrons. The van der Waals surface area contributed by atoms with Crippen molar-refractivity contribution in [2.75, 3.05) is 0 Å². The van der Waals surface area contributed by atoms with Crippen molar-refractivity contribution in [1.82, 2.24) is 5.32 Å². The van der Waals surface area contributed by atoms with Crippen molar-refractivity contribution >= 4 is 0 Å². The van der Waals surface area contributed by atoms with Crippen LogP contribution in [-0.2, 0) is 6.42 Å². The summed E-state index contributed by atoms with van der Waals surface area (Å²) in [5.74, 6) is 0.981. The minimum atomic E-state index is 0.371. The largest absolute Gasteiger partial charge is 0.307 e. The second-order valence-corrected chi connectivity index (χ2v) is 7.91. The maximum atomic E-state index is 4.05. The highest BCUT2D eigenvalue weighted by molar-refractivity contribution is 5.34. The molecule has 0 aliphatic heterocycles. The average Bonchev–Trinajstić information content (AvgIpc) is 2.51. The Hall–Kier alpha value is -0.820. The van der Waals surface area contributed by atoms with E-state index in [1.165, 1.54) is 44.9 Å². The minimum Gasteiger partial charge on any atom is -0.307 e. The van der Waals surface area contributed by atoms with Gasteiger partial charge in [-0.25, -0.2) is 0 Å². The van der Waals surface area contributed by atoms with Crippen molar-refractivity contribution in [3.05, 3.63) is 35.4 Å². The molecule has 1 saturated carbocycles. The number of nitrogens with one attached hydrogen (secondary N) is 1. The van der Waals surface area contributed by atoms with Crippen LogP contribution in [0.4, 0.5) is 0 Å². The van der Waals surface area contributed by atoms with Crippen molar-refractivity contribution in [3.8, 4) is 0 Å². The molecule has 1 atom stereocenters. The average molecular weight is 285 g/mol. The number of hydrogen-bond donors (Lipinski definition) is 1. The standard InChI is InChI=1S/C20H31N/c1-4-15-9-11-17(12-10-15)21-19-18-8-6-5-7-16(18)13-14-20(19,2)3/h5-8,15,17,19,21H,4,9-14H2,1-3H3. The Morgan fingerprint density at radius 3 is 2.52 bits per heavy atom. The van der Waals surface area contributed by atoms with Crippen molar-refractivity contribution < 1.29 is 0 Å². The lowest BCUT2D eigenvalue weighted by molar-refractivity contribution is 0.170. The van der Waals surface area contributed by atoms with E-state index in [2.05, 4.69) is 50.4 Å². The predicted molar refractivity (Wildman–Crippen MR) is 90.5 cm³/mol. The van der Waals surface area contributed by atoms with Crippen molar-refractivity contribution in [1.29, 1.82) is 0 Å². The van der Waals surface area contributed by atoms with E-state index in [-0.39, 0.29) is 0 Å². The fourth-order valence-corrected chi connectivity index (χ4v) is 4.35. The zero-order valence-electron chi connectivity index (χ0n) is 14.0. The molecule has 21 heavy (non-hydrogen) atoms. The maximum Gasteiger partial charge on any atom is 0.0376 e. The fraction of sp³-hybridized carbons (Fsp3) is 0.700. The Balaban J connectivity index is 1.74. The van der Waals surface area contributed by atoms with Crippen LogP contribution in [0.1, 0.15) is 76.5 Å². The van der Waals surface area contributed by atoms with E-state index in [0.717, 1.165) is 12.0 Å². The highest BCUT2D eigenvalue weighted by Crippen LogP contribution is 2.44. The molecule has 0 saturated heterocycles. The van der Waals surface area contributed by atoms with Gasteiger partial charge in [0.05, 0.1) is 0 Å². The molecule has 1 unspecified atom stereocenters. The highest BCUT2D eigenvalue weighted by Gasteiger charge is 2.37. The van der Waals surface area contributed by atoms with Crippen LogP contribution in [0.3, 0.4) is 0 Å². The third kappa shape index (κ3) is 3.18. The number of benzene rings is 1. The topological polar surface area (TPSA) is 12.0 Å². The van der Waals surface area contributed by atoms with Gasteiger partial charge in [0.1, 0.15) is 0 Å². The van der Waals surface area contributed by atoms with Gasteiger partial charge in [0.25, 0.3) is 0 Å². The quantitative estimate of drug-likeness (QED) is 0.799. The summed E-state index contributed by atoms with van der Waals surface area (Å²) in [7, 11) is 0. The van der Waals surface area contributed by atoms with E-state index >= 15 is 0 Å². The number of aryl methyl sites for hydroxylation is 1. The number of rotatable bonds is 3. The summed E-state index contributed by atoms with van der Waals surface area (Å²) in [6.07, 6.45) is 9.48. The van der Waals surface area contributed by atoms with Crippen LogP contribution in [0.25, 0.3) is 0 Å². The van der Waals surface area contributed by atoms with Gasteiger partial charge in [-0.3, -0.25) is 0 Å². The molecule has 3 rings (SSSR count). The molecule has 1 N–H and O–H groups in total. The minimum absolute atomic E-state index is 0.371. The molecule has 0 spiro atoms. The highest BCUT2D eigenvalue weighted by atomic mass is 15.0. The molecule has 1 heteroatoms. The Labute approximate surface area is 130 Å². The van der Waals surface area contributed by atoms with Gasteiger partial charge in [-0.05, 0) is 61.0 Å². The second-order valence-electron chi connectivity index (χ2n) is 7.91. The van der Waals surface area contributed by atoms with Crippen LogP contribution < -0.4 is 5.32 Å². The lowest BCUT2D eigenvalue weighted by Crippen LogP contribution is -2.44. The summed E-state index contributed by atoms with van der Waals surface area (Å²) in [6, 6.07) is 10.3. The normalized spacial score (nSPS) is 31.7. The van der Waals surface area contributed by atoms with Crippen LogP contribution in [0.5, 0.6) is 0 Å². The van der Waals surface area contributed by atoms with E-state index in [4.69, 9.17) is 0 Å². The van der Waals surface area contributed by atoms with E-state index in [9.17, 15) is 0 Å². The third-order valence-electron chi connectivity index (χ3n) is 6.01. The van der Waals surface area contributed by atoms with Gasteiger partial charge in [-0.15, -0.1) is 0 Å². The molecular formula is C20H31N. The Kier molecular flexibility index (Phi) is 4.40. The zero-order valence-corrected chi connectivity index (χ0v) is 14.0. The summed E-state index contributed by atoms with van der Waals surface area (Å²) >= 11 is 0. The predicted octanol–water partition coefficient (Wildman–Crippen LogP) is 5.26.